The maximum absolute atomic E-state index is 12.2. The fourth-order valence-electron chi connectivity index (χ4n) is 0.976. The quantitative estimate of drug-likeness (QED) is 0.582. The fraction of sp³-hybridized carbons (Fsp3) is 0.200. The van der Waals surface area contributed by atoms with Gasteiger partial charge in [0.25, 0.3) is 0 Å². The third-order valence-electron chi connectivity index (χ3n) is 1.88. The Morgan fingerprint density at radius 1 is 1.38 bits per heavy atom. The van der Waals surface area contributed by atoms with Crippen molar-refractivity contribution < 1.29 is 64.3 Å². The van der Waals surface area contributed by atoms with Crippen LogP contribution < -0.4 is 51.4 Å². The fourth-order valence-corrected chi connectivity index (χ4v) is 1.96. The zero-order chi connectivity index (χ0) is 11.5. The van der Waals surface area contributed by atoms with E-state index in [0.717, 1.165) is 10.5 Å². The first-order valence-corrected chi connectivity index (χ1v) is 5.45. The number of thioether (sulfide) groups is 1. The van der Waals surface area contributed by atoms with E-state index in [1.165, 1.54) is 11.8 Å². The summed E-state index contributed by atoms with van der Waals surface area (Å²) in [5, 5.41) is 0. The van der Waals surface area contributed by atoms with Gasteiger partial charge in [-0.2, -0.15) is 0 Å². The molecule has 6 heteroatoms. The monoisotopic (exact) mass is 270 g/mol. The van der Waals surface area contributed by atoms with E-state index in [0.29, 0.717) is 0 Å². The van der Waals surface area contributed by atoms with Crippen molar-refractivity contribution in [2.24, 2.45) is 0 Å². The van der Waals surface area contributed by atoms with Gasteiger partial charge < -0.3 is 12.9 Å². The van der Waals surface area contributed by atoms with Crippen molar-refractivity contribution in [3.63, 3.8) is 0 Å². The van der Waals surface area contributed by atoms with Crippen LogP contribution in [0.5, 0.6) is 0 Å². The maximum atomic E-state index is 12.2. The largest absolute Gasteiger partial charge is 1.00 e. The molecule has 0 N–H and O–H groups in total. The van der Waals surface area contributed by atoms with E-state index in [-0.39, 0.29) is 57.1 Å². The van der Waals surface area contributed by atoms with Crippen molar-refractivity contribution in [3.8, 4) is 0 Å². The maximum Gasteiger partial charge on any atom is 1.00 e. The summed E-state index contributed by atoms with van der Waals surface area (Å²) in [5.41, 5.74) is 0.407. The Morgan fingerprint density at radius 2 is 2.00 bits per heavy atom. The molecule has 0 aliphatic heterocycles. The Labute approximate surface area is 141 Å². The summed E-state index contributed by atoms with van der Waals surface area (Å²) in [6.45, 7) is 0.0607. The minimum Gasteiger partial charge on any atom is -0.445 e. The molecule has 0 radical (unpaired) electrons. The van der Waals surface area contributed by atoms with Crippen LogP contribution in [0.25, 0.3) is 0 Å². The average molecular weight is 270 g/mol. The van der Waals surface area contributed by atoms with Crippen LogP contribution in [0.2, 0.25) is 0 Å². The molecule has 82 valence electrons. The molecule has 0 aliphatic rings. The van der Waals surface area contributed by atoms with Gasteiger partial charge in [0.05, 0.1) is 0 Å². The van der Waals surface area contributed by atoms with Gasteiger partial charge in [-0.15, -0.1) is 23.8 Å². The predicted molar refractivity (Wildman–Crippen MR) is 60.1 cm³/mol. The summed E-state index contributed by atoms with van der Waals surface area (Å²) in [6, 6.07) is 7.40. The summed E-state index contributed by atoms with van der Waals surface area (Å²) in [6.07, 6.45) is 0. The molecule has 1 aromatic rings. The van der Waals surface area contributed by atoms with Crippen LogP contribution >= 0.6 is 11.8 Å². The predicted octanol–water partition coefficient (Wildman–Crippen LogP) is 1.03. The van der Waals surface area contributed by atoms with Crippen molar-refractivity contribution in [3.05, 3.63) is 41.9 Å². The summed E-state index contributed by atoms with van der Waals surface area (Å²) in [4.78, 5) is 0.844. The van der Waals surface area contributed by atoms with Crippen LogP contribution in [0.4, 0.5) is 12.9 Å². The third kappa shape index (κ3) is 5.93. The van der Waals surface area contributed by atoms with Gasteiger partial charge in [0.1, 0.15) is 0 Å². The van der Waals surface area contributed by atoms with Gasteiger partial charge in [-0.1, -0.05) is 17.7 Å². The third-order valence-corrected chi connectivity index (χ3v) is 2.98. The smallest absolute Gasteiger partial charge is 0.445 e. The van der Waals surface area contributed by atoms with Crippen LogP contribution in [-0.4, -0.2) is 12.7 Å². The molecule has 0 aliphatic carbocycles. The molecule has 0 bridgehead atoms. The van der Waals surface area contributed by atoms with Gasteiger partial charge in [0.15, 0.2) is 0 Å². The topological polar surface area (TPSA) is 0 Å². The van der Waals surface area contributed by atoms with Crippen molar-refractivity contribution in [2.45, 2.75) is 11.8 Å². The van der Waals surface area contributed by atoms with Crippen molar-refractivity contribution in [1.29, 1.82) is 0 Å². The van der Waals surface area contributed by atoms with Crippen molar-refractivity contribution >= 4 is 18.7 Å². The number of hydrogen-bond donors (Lipinski definition) is 0. The first-order valence-electron chi connectivity index (χ1n) is 4.46. The van der Waals surface area contributed by atoms with Gasteiger partial charge in [0.2, 0.25) is 0 Å². The van der Waals surface area contributed by atoms with E-state index in [9.17, 15) is 12.9 Å². The molecule has 0 nitrogen and oxygen atoms in total. The Bertz CT molecular complexity index is 365. The zero-order valence-corrected chi connectivity index (χ0v) is 13.3. The van der Waals surface area contributed by atoms with Gasteiger partial charge in [0, 0.05) is 4.90 Å². The molecular formula is C10H11BF3KS. The van der Waals surface area contributed by atoms with E-state index in [2.05, 4.69) is 6.58 Å². The number of benzene rings is 1. The SMILES string of the molecule is C=C(CSc1cccc(C)c1)[B-](F)(F)F.[K+]. The molecule has 16 heavy (non-hydrogen) atoms. The molecule has 1 rings (SSSR count). The van der Waals surface area contributed by atoms with Gasteiger partial charge in [-0.25, -0.2) is 0 Å². The Hall–Kier alpha value is 0.801. The second-order valence-corrected chi connectivity index (χ2v) is 4.39. The summed E-state index contributed by atoms with van der Waals surface area (Å²) >= 11 is 1.17. The average Bonchev–Trinajstić information content (AvgIpc) is 2.12. The Balaban J connectivity index is 0.00000225. The van der Waals surface area contributed by atoms with Crippen LogP contribution in [0, 0.1) is 6.92 Å². The molecule has 0 fully saturated rings. The first kappa shape index (κ1) is 16.8. The number of hydrogen-bond acceptors (Lipinski definition) is 1. The summed E-state index contributed by atoms with van der Waals surface area (Å²) < 4.78 is 36.5. The van der Waals surface area contributed by atoms with Gasteiger partial charge >= 0.3 is 58.4 Å². The van der Waals surface area contributed by atoms with Crippen LogP contribution in [0.3, 0.4) is 0 Å². The van der Waals surface area contributed by atoms with E-state index in [4.69, 9.17) is 0 Å². The van der Waals surface area contributed by atoms with E-state index in [1.54, 1.807) is 6.07 Å². The minimum absolute atomic E-state index is 0. The van der Waals surface area contributed by atoms with Gasteiger partial charge in [-0.05, 0) is 24.8 Å². The van der Waals surface area contributed by atoms with Crippen LogP contribution in [0.1, 0.15) is 5.56 Å². The zero-order valence-electron chi connectivity index (χ0n) is 9.34. The normalized spacial score (nSPS) is 10.8. The van der Waals surface area contributed by atoms with Gasteiger partial charge in [-0.3, -0.25) is 0 Å². The van der Waals surface area contributed by atoms with E-state index < -0.39 is 12.4 Å². The molecular weight excluding hydrogens is 259 g/mol. The molecule has 0 amide bonds. The second-order valence-electron chi connectivity index (χ2n) is 3.34. The van der Waals surface area contributed by atoms with Crippen LogP contribution in [-0.2, 0) is 0 Å². The van der Waals surface area contributed by atoms with E-state index in [1.807, 2.05) is 25.1 Å². The Kier molecular flexibility index (Phi) is 7.65. The minimum atomic E-state index is -4.89. The van der Waals surface area contributed by atoms with E-state index >= 15 is 0 Å². The summed E-state index contributed by atoms with van der Waals surface area (Å²) in [7, 11) is 0. The first-order chi connectivity index (χ1) is 6.89. The summed E-state index contributed by atoms with van der Waals surface area (Å²) in [5.74, 6) is -0.0903. The molecule has 0 saturated carbocycles. The molecule has 0 unspecified atom stereocenters. The molecule has 1 aromatic carbocycles. The van der Waals surface area contributed by atoms with Crippen molar-refractivity contribution in [2.75, 3.05) is 5.75 Å². The second kappa shape index (κ2) is 7.28. The number of halogens is 3. The molecule has 0 spiro atoms. The molecule has 0 heterocycles. The Morgan fingerprint density at radius 3 is 2.50 bits per heavy atom. The standard InChI is InChI=1S/C10H11BF3S.K/c1-8-4-3-5-10(6-8)15-7-9(2)11(12,13)14;/h3-6H,2,7H2,1H3;/q-1;+1. The molecule has 0 saturated heterocycles. The van der Waals surface area contributed by atoms with Crippen LogP contribution in [0.15, 0.2) is 41.2 Å². The number of rotatable bonds is 4. The molecule has 0 aromatic heterocycles. The van der Waals surface area contributed by atoms with Crippen molar-refractivity contribution in [1.82, 2.24) is 0 Å². The number of aryl methyl sites for hydroxylation is 1. The molecule has 0 atom stereocenters.